The average molecular weight is 487 g/mol. The van der Waals surface area contributed by atoms with Crippen LogP contribution in [0.3, 0.4) is 0 Å². The Balaban J connectivity index is 1.71. The number of sulfonamides is 1. The summed E-state index contributed by atoms with van der Waals surface area (Å²) in [6, 6.07) is 12.5. The van der Waals surface area contributed by atoms with Crippen molar-refractivity contribution in [3.63, 3.8) is 0 Å². The van der Waals surface area contributed by atoms with Gasteiger partial charge in [0.1, 0.15) is 12.1 Å². The molecule has 10 heteroatoms. The van der Waals surface area contributed by atoms with Crippen molar-refractivity contribution in [3.8, 4) is 0 Å². The number of anilines is 1. The second-order valence-corrected chi connectivity index (χ2v) is 11.8. The summed E-state index contributed by atoms with van der Waals surface area (Å²) in [6.07, 6.45) is 0. The average Bonchev–Trinajstić information content (AvgIpc) is 2.97. The van der Waals surface area contributed by atoms with Gasteiger partial charge in [-0.25, -0.2) is 17.5 Å². The van der Waals surface area contributed by atoms with Crippen molar-refractivity contribution >= 4 is 33.6 Å². The SMILES string of the molecule is CN(C)S(=O)(=O)c1ccc(NC(=O)CN2C(=O)NC(C)(c3ccc(C(C)(C)C)cc3)C2=O)cc1. The lowest BCUT2D eigenvalue weighted by atomic mass is 9.84. The number of amides is 4. The van der Waals surface area contributed by atoms with Gasteiger partial charge in [0, 0.05) is 19.8 Å². The molecule has 0 saturated carbocycles. The van der Waals surface area contributed by atoms with Crippen LogP contribution in [0.15, 0.2) is 53.4 Å². The van der Waals surface area contributed by atoms with E-state index in [2.05, 4.69) is 31.4 Å². The van der Waals surface area contributed by atoms with E-state index in [1.165, 1.54) is 38.4 Å². The first-order chi connectivity index (χ1) is 15.7. The molecule has 0 bridgehead atoms. The Kier molecular flexibility index (Phi) is 6.60. The smallest absolute Gasteiger partial charge is 0.325 e. The van der Waals surface area contributed by atoms with E-state index in [1.807, 2.05) is 24.3 Å². The van der Waals surface area contributed by atoms with Gasteiger partial charge in [-0.05, 0) is 47.7 Å². The molecule has 4 amide bonds. The zero-order valence-corrected chi connectivity index (χ0v) is 21.0. The molecule has 1 unspecified atom stereocenters. The molecule has 182 valence electrons. The van der Waals surface area contributed by atoms with Gasteiger partial charge in [-0.1, -0.05) is 45.0 Å². The molecule has 3 rings (SSSR count). The Hall–Kier alpha value is -3.24. The molecule has 2 aromatic carbocycles. The molecule has 0 radical (unpaired) electrons. The van der Waals surface area contributed by atoms with Crippen molar-refractivity contribution in [2.24, 2.45) is 0 Å². The molecule has 1 aliphatic rings. The monoisotopic (exact) mass is 486 g/mol. The fraction of sp³-hybridized carbons (Fsp3) is 0.375. The summed E-state index contributed by atoms with van der Waals surface area (Å²) >= 11 is 0. The zero-order valence-electron chi connectivity index (χ0n) is 20.2. The molecular formula is C24H30N4O5S. The molecular weight excluding hydrogens is 456 g/mol. The second-order valence-electron chi connectivity index (χ2n) is 9.63. The Morgan fingerprint density at radius 1 is 1.03 bits per heavy atom. The van der Waals surface area contributed by atoms with Gasteiger partial charge in [0.2, 0.25) is 15.9 Å². The Morgan fingerprint density at radius 2 is 1.59 bits per heavy atom. The summed E-state index contributed by atoms with van der Waals surface area (Å²) in [5, 5.41) is 5.28. The molecule has 1 aliphatic heterocycles. The molecule has 0 spiro atoms. The van der Waals surface area contributed by atoms with Crippen LogP contribution in [0.2, 0.25) is 0 Å². The fourth-order valence-corrected chi connectivity index (χ4v) is 4.51. The van der Waals surface area contributed by atoms with Crippen molar-refractivity contribution in [1.82, 2.24) is 14.5 Å². The van der Waals surface area contributed by atoms with Gasteiger partial charge in [-0.3, -0.25) is 14.5 Å². The minimum absolute atomic E-state index is 0.0542. The summed E-state index contributed by atoms with van der Waals surface area (Å²) in [5.74, 6) is -1.11. The van der Waals surface area contributed by atoms with Crippen LogP contribution in [0.4, 0.5) is 10.5 Å². The number of carbonyl (C=O) groups excluding carboxylic acids is 3. The lowest BCUT2D eigenvalue weighted by Gasteiger charge is -2.24. The third-order valence-corrected chi connectivity index (χ3v) is 7.65. The van der Waals surface area contributed by atoms with E-state index in [4.69, 9.17) is 0 Å². The van der Waals surface area contributed by atoms with E-state index in [9.17, 15) is 22.8 Å². The van der Waals surface area contributed by atoms with E-state index in [1.54, 1.807) is 6.92 Å². The van der Waals surface area contributed by atoms with Crippen molar-refractivity contribution in [2.75, 3.05) is 26.0 Å². The highest BCUT2D eigenvalue weighted by atomic mass is 32.2. The Bertz CT molecular complexity index is 1220. The predicted molar refractivity (Wildman–Crippen MR) is 129 cm³/mol. The van der Waals surface area contributed by atoms with E-state index in [0.717, 1.165) is 14.8 Å². The van der Waals surface area contributed by atoms with Crippen LogP contribution in [-0.2, 0) is 30.6 Å². The van der Waals surface area contributed by atoms with Gasteiger partial charge in [-0.15, -0.1) is 0 Å². The van der Waals surface area contributed by atoms with Crippen molar-refractivity contribution in [2.45, 2.75) is 43.5 Å². The zero-order chi connectivity index (χ0) is 25.5. The maximum Gasteiger partial charge on any atom is 0.325 e. The van der Waals surface area contributed by atoms with Crippen LogP contribution in [0.25, 0.3) is 0 Å². The highest BCUT2D eigenvalue weighted by Crippen LogP contribution is 2.31. The maximum absolute atomic E-state index is 13.1. The predicted octanol–water partition coefficient (Wildman–Crippen LogP) is 2.64. The molecule has 1 saturated heterocycles. The molecule has 2 N–H and O–H groups in total. The van der Waals surface area contributed by atoms with Crippen molar-refractivity contribution < 1.29 is 22.8 Å². The topological polar surface area (TPSA) is 116 Å². The van der Waals surface area contributed by atoms with Gasteiger partial charge in [0.05, 0.1) is 4.90 Å². The molecule has 1 heterocycles. The first-order valence-corrected chi connectivity index (χ1v) is 12.2. The van der Waals surface area contributed by atoms with Gasteiger partial charge < -0.3 is 10.6 Å². The molecule has 1 fully saturated rings. The molecule has 9 nitrogen and oxygen atoms in total. The van der Waals surface area contributed by atoms with Crippen LogP contribution in [0.5, 0.6) is 0 Å². The summed E-state index contributed by atoms with van der Waals surface area (Å²) < 4.78 is 25.4. The van der Waals surface area contributed by atoms with Crippen molar-refractivity contribution in [1.29, 1.82) is 0 Å². The number of imide groups is 1. The first-order valence-electron chi connectivity index (χ1n) is 10.7. The van der Waals surface area contributed by atoms with Gasteiger partial charge in [0.25, 0.3) is 5.91 Å². The van der Waals surface area contributed by atoms with Crippen LogP contribution in [-0.4, -0.2) is 56.1 Å². The number of hydrogen-bond acceptors (Lipinski definition) is 5. The normalized spacial score (nSPS) is 18.9. The number of benzene rings is 2. The second kappa shape index (κ2) is 8.84. The number of nitrogens with one attached hydrogen (secondary N) is 2. The molecule has 1 atom stereocenters. The number of rotatable bonds is 6. The first kappa shape index (κ1) is 25.4. The standard InChI is InChI=1S/C24H30N4O5S/c1-23(2,3)16-7-9-17(10-8-16)24(4)21(30)28(22(31)26-24)15-20(29)25-18-11-13-19(14-12-18)34(32,33)27(5)6/h7-14H,15H2,1-6H3,(H,25,29)(H,26,31). The quantitative estimate of drug-likeness (QED) is 0.609. The van der Waals surface area contributed by atoms with Crippen LogP contribution in [0, 0.1) is 0 Å². The van der Waals surface area contributed by atoms with Crippen LogP contribution in [0.1, 0.15) is 38.8 Å². The third kappa shape index (κ3) is 4.83. The van der Waals surface area contributed by atoms with E-state index < -0.39 is 40.0 Å². The van der Waals surface area contributed by atoms with Crippen LogP contribution >= 0.6 is 0 Å². The van der Waals surface area contributed by atoms with Crippen molar-refractivity contribution in [3.05, 3.63) is 59.7 Å². The van der Waals surface area contributed by atoms with Crippen LogP contribution < -0.4 is 10.6 Å². The largest absolute Gasteiger partial charge is 0.325 e. The lowest BCUT2D eigenvalue weighted by molar-refractivity contribution is -0.133. The maximum atomic E-state index is 13.1. The molecule has 0 aliphatic carbocycles. The highest BCUT2D eigenvalue weighted by Gasteiger charge is 2.49. The van der Waals surface area contributed by atoms with E-state index in [0.29, 0.717) is 11.3 Å². The number of hydrogen-bond donors (Lipinski definition) is 2. The molecule has 0 aromatic heterocycles. The Labute approximate surface area is 200 Å². The summed E-state index contributed by atoms with van der Waals surface area (Å²) in [6.45, 7) is 7.39. The molecule has 34 heavy (non-hydrogen) atoms. The number of carbonyl (C=O) groups is 3. The molecule has 2 aromatic rings. The number of urea groups is 1. The number of nitrogens with zero attached hydrogens (tertiary/aromatic N) is 2. The highest BCUT2D eigenvalue weighted by molar-refractivity contribution is 7.89. The van der Waals surface area contributed by atoms with Gasteiger partial charge in [0.15, 0.2) is 0 Å². The third-order valence-electron chi connectivity index (χ3n) is 5.82. The fourth-order valence-electron chi connectivity index (χ4n) is 3.60. The van der Waals surface area contributed by atoms with E-state index in [-0.39, 0.29) is 10.3 Å². The van der Waals surface area contributed by atoms with Gasteiger partial charge in [-0.2, -0.15) is 0 Å². The lowest BCUT2D eigenvalue weighted by Crippen LogP contribution is -2.42. The van der Waals surface area contributed by atoms with E-state index >= 15 is 0 Å². The Morgan fingerprint density at radius 3 is 2.09 bits per heavy atom. The summed E-state index contributed by atoms with van der Waals surface area (Å²) in [4.78, 5) is 39.2. The minimum atomic E-state index is -3.59. The summed E-state index contributed by atoms with van der Waals surface area (Å²) in [7, 11) is -0.738. The minimum Gasteiger partial charge on any atom is -0.325 e. The summed E-state index contributed by atoms with van der Waals surface area (Å²) in [5.41, 5.74) is 0.726. The van der Waals surface area contributed by atoms with Gasteiger partial charge >= 0.3 is 6.03 Å².